The van der Waals surface area contributed by atoms with E-state index < -0.39 is 5.91 Å². The second-order valence-corrected chi connectivity index (χ2v) is 5.97. The van der Waals surface area contributed by atoms with Gasteiger partial charge in [0.2, 0.25) is 0 Å². The molecular weight excluding hydrogens is 372 g/mol. The summed E-state index contributed by atoms with van der Waals surface area (Å²) in [6.45, 7) is 0.521. The van der Waals surface area contributed by atoms with Gasteiger partial charge in [-0.1, -0.05) is 18.2 Å². The van der Waals surface area contributed by atoms with Crippen molar-refractivity contribution in [3.63, 3.8) is 0 Å². The first kappa shape index (κ1) is 19.9. The quantitative estimate of drug-likeness (QED) is 0.605. The number of carbonyl (C=O) groups is 1. The summed E-state index contributed by atoms with van der Waals surface area (Å²) in [5.41, 5.74) is 1.69. The van der Waals surface area contributed by atoms with Gasteiger partial charge in [0.15, 0.2) is 0 Å². The van der Waals surface area contributed by atoms with Crippen molar-refractivity contribution in [3.05, 3.63) is 66.1 Å². The number of hydrogen-bond donors (Lipinski definition) is 2. The molecule has 2 N–H and O–H groups in total. The predicted octanol–water partition coefficient (Wildman–Crippen LogP) is 3.37. The Balaban J connectivity index is 1.64. The maximum Gasteiger partial charge on any atom is 0.275 e. The lowest BCUT2D eigenvalue weighted by molar-refractivity contribution is 0.102. The van der Waals surface area contributed by atoms with Gasteiger partial charge in [-0.2, -0.15) is 0 Å². The Morgan fingerprint density at radius 1 is 0.931 bits per heavy atom. The third kappa shape index (κ3) is 4.92. The van der Waals surface area contributed by atoms with E-state index in [4.69, 9.17) is 14.2 Å². The second-order valence-electron chi connectivity index (χ2n) is 5.97. The van der Waals surface area contributed by atoms with Crippen LogP contribution in [-0.2, 0) is 6.54 Å². The molecule has 3 aromatic rings. The molecule has 0 bridgehead atoms. The van der Waals surface area contributed by atoms with Gasteiger partial charge in [-0.05, 0) is 18.2 Å². The van der Waals surface area contributed by atoms with Crippen LogP contribution in [0, 0.1) is 0 Å². The van der Waals surface area contributed by atoms with Crippen LogP contribution in [0.3, 0.4) is 0 Å². The average Bonchev–Trinajstić information content (AvgIpc) is 2.78. The first-order chi connectivity index (χ1) is 14.1. The van der Waals surface area contributed by atoms with E-state index in [0.717, 1.165) is 11.3 Å². The van der Waals surface area contributed by atoms with Crippen LogP contribution in [0.2, 0.25) is 0 Å². The first-order valence-corrected chi connectivity index (χ1v) is 8.85. The Kier molecular flexibility index (Phi) is 6.47. The zero-order valence-corrected chi connectivity index (χ0v) is 16.4. The Hall–Kier alpha value is -3.81. The van der Waals surface area contributed by atoms with Gasteiger partial charge in [-0.25, -0.2) is 9.97 Å². The highest BCUT2D eigenvalue weighted by atomic mass is 16.5. The highest BCUT2D eigenvalue weighted by molar-refractivity contribution is 6.03. The molecule has 8 nitrogen and oxygen atoms in total. The number of nitrogens with one attached hydrogen (secondary N) is 2. The van der Waals surface area contributed by atoms with Gasteiger partial charge < -0.3 is 24.8 Å². The number of ether oxygens (including phenoxy) is 3. The van der Waals surface area contributed by atoms with E-state index in [2.05, 4.69) is 20.6 Å². The molecular formula is C21H22N4O4. The maximum absolute atomic E-state index is 12.5. The van der Waals surface area contributed by atoms with Gasteiger partial charge in [0.25, 0.3) is 5.91 Å². The number of nitrogens with zero attached hydrogens (tertiary/aromatic N) is 2. The van der Waals surface area contributed by atoms with Crippen molar-refractivity contribution in [2.45, 2.75) is 6.54 Å². The van der Waals surface area contributed by atoms with Crippen LogP contribution in [0.25, 0.3) is 0 Å². The lowest BCUT2D eigenvalue weighted by Gasteiger charge is -2.12. The van der Waals surface area contributed by atoms with Crippen molar-refractivity contribution >= 4 is 17.4 Å². The molecule has 150 valence electrons. The minimum Gasteiger partial charge on any atom is -0.497 e. The fraction of sp³-hybridized carbons (Fsp3) is 0.190. The smallest absolute Gasteiger partial charge is 0.275 e. The van der Waals surface area contributed by atoms with Crippen molar-refractivity contribution in [1.82, 2.24) is 9.97 Å². The van der Waals surface area contributed by atoms with Crippen LogP contribution >= 0.6 is 0 Å². The molecule has 8 heteroatoms. The molecule has 1 aromatic heterocycles. The van der Waals surface area contributed by atoms with Crippen LogP contribution in [-0.4, -0.2) is 37.2 Å². The standard InChI is InChI=1S/C21H22N4O4/c1-27-15-8-9-16(19(10-15)29-3)25-21(26)17-12-24-20(13-22-17)23-11-14-6-4-5-7-18(14)28-2/h4-10,12-13H,11H2,1-3H3,(H,23,24)(H,25,26). The maximum atomic E-state index is 12.5. The van der Waals surface area contributed by atoms with E-state index in [-0.39, 0.29) is 5.69 Å². The molecule has 0 fully saturated rings. The molecule has 1 heterocycles. The van der Waals surface area contributed by atoms with Crippen LogP contribution in [0.4, 0.5) is 11.5 Å². The third-order valence-corrected chi connectivity index (χ3v) is 4.19. The van der Waals surface area contributed by atoms with Crippen molar-refractivity contribution in [1.29, 1.82) is 0 Å². The van der Waals surface area contributed by atoms with Gasteiger partial charge >= 0.3 is 0 Å². The predicted molar refractivity (Wildman–Crippen MR) is 110 cm³/mol. The summed E-state index contributed by atoms with van der Waals surface area (Å²) in [7, 11) is 4.71. The summed E-state index contributed by atoms with van der Waals surface area (Å²) in [6, 6.07) is 12.8. The number of hydrogen-bond acceptors (Lipinski definition) is 7. The largest absolute Gasteiger partial charge is 0.497 e. The van der Waals surface area contributed by atoms with Gasteiger partial charge in [-0.3, -0.25) is 4.79 Å². The molecule has 0 unspecified atom stereocenters. The molecule has 0 saturated heterocycles. The monoisotopic (exact) mass is 394 g/mol. The molecule has 0 spiro atoms. The molecule has 3 rings (SSSR count). The van der Waals surface area contributed by atoms with Crippen molar-refractivity contribution in [2.75, 3.05) is 32.0 Å². The minimum absolute atomic E-state index is 0.186. The highest BCUT2D eigenvalue weighted by Gasteiger charge is 2.12. The summed E-state index contributed by atoms with van der Waals surface area (Å²) in [5, 5.41) is 5.93. The van der Waals surface area contributed by atoms with E-state index in [9.17, 15) is 4.79 Å². The van der Waals surface area contributed by atoms with E-state index in [1.54, 1.807) is 32.4 Å². The minimum atomic E-state index is -0.391. The van der Waals surface area contributed by atoms with Crippen molar-refractivity contribution in [2.24, 2.45) is 0 Å². The SMILES string of the molecule is COc1ccc(NC(=O)c2cnc(NCc3ccccc3OC)cn2)c(OC)c1. The van der Waals surface area contributed by atoms with Gasteiger partial charge in [-0.15, -0.1) is 0 Å². The molecule has 0 radical (unpaired) electrons. The van der Waals surface area contributed by atoms with Crippen LogP contribution in [0.1, 0.15) is 16.1 Å². The normalized spacial score (nSPS) is 10.2. The second kappa shape index (κ2) is 9.41. The number of methoxy groups -OCH3 is 3. The molecule has 0 aliphatic carbocycles. The fourth-order valence-corrected chi connectivity index (χ4v) is 2.66. The summed E-state index contributed by atoms with van der Waals surface area (Å²) < 4.78 is 15.8. The lowest BCUT2D eigenvalue weighted by Crippen LogP contribution is -2.15. The Morgan fingerprint density at radius 2 is 1.72 bits per heavy atom. The number of carbonyl (C=O) groups excluding carboxylic acids is 1. The van der Waals surface area contributed by atoms with E-state index in [0.29, 0.717) is 29.5 Å². The van der Waals surface area contributed by atoms with E-state index in [1.807, 2.05) is 24.3 Å². The van der Waals surface area contributed by atoms with Crippen LogP contribution in [0.5, 0.6) is 17.2 Å². The number of aromatic nitrogens is 2. The zero-order valence-electron chi connectivity index (χ0n) is 16.4. The van der Waals surface area contributed by atoms with Crippen molar-refractivity contribution < 1.29 is 19.0 Å². The Bertz CT molecular complexity index is 977. The molecule has 2 aromatic carbocycles. The van der Waals surface area contributed by atoms with Crippen molar-refractivity contribution in [3.8, 4) is 17.2 Å². The number of amides is 1. The Morgan fingerprint density at radius 3 is 2.41 bits per heavy atom. The molecule has 0 aliphatic rings. The molecule has 0 atom stereocenters. The highest BCUT2D eigenvalue weighted by Crippen LogP contribution is 2.29. The number of para-hydroxylation sites is 1. The van der Waals surface area contributed by atoms with Gasteiger partial charge in [0, 0.05) is 18.2 Å². The summed E-state index contributed by atoms with van der Waals surface area (Å²) in [5.74, 6) is 2.06. The van der Waals surface area contributed by atoms with Crippen LogP contribution < -0.4 is 24.8 Å². The topological polar surface area (TPSA) is 94.6 Å². The lowest BCUT2D eigenvalue weighted by atomic mass is 10.2. The molecule has 0 saturated carbocycles. The molecule has 0 aliphatic heterocycles. The summed E-state index contributed by atoms with van der Waals surface area (Å²) in [4.78, 5) is 20.9. The number of anilines is 2. The van der Waals surface area contributed by atoms with Crippen LogP contribution in [0.15, 0.2) is 54.9 Å². The summed E-state index contributed by atoms with van der Waals surface area (Å²) >= 11 is 0. The zero-order chi connectivity index (χ0) is 20.6. The van der Waals surface area contributed by atoms with E-state index >= 15 is 0 Å². The average molecular weight is 394 g/mol. The number of benzene rings is 2. The molecule has 29 heavy (non-hydrogen) atoms. The first-order valence-electron chi connectivity index (χ1n) is 8.85. The molecule has 1 amide bonds. The van der Waals surface area contributed by atoms with Gasteiger partial charge in [0.1, 0.15) is 28.8 Å². The van der Waals surface area contributed by atoms with E-state index in [1.165, 1.54) is 19.5 Å². The number of rotatable bonds is 8. The van der Waals surface area contributed by atoms with Gasteiger partial charge in [0.05, 0.1) is 39.4 Å². The Labute approximate surface area is 168 Å². The third-order valence-electron chi connectivity index (χ3n) is 4.19. The fourth-order valence-electron chi connectivity index (χ4n) is 2.66. The summed E-state index contributed by atoms with van der Waals surface area (Å²) in [6.07, 6.45) is 2.92.